The van der Waals surface area contributed by atoms with Gasteiger partial charge < -0.3 is 14.9 Å². The minimum Gasteiger partial charge on any atom is -0.486 e. The molecule has 1 aliphatic rings. The van der Waals surface area contributed by atoms with E-state index in [4.69, 9.17) is 33.2 Å². The summed E-state index contributed by atoms with van der Waals surface area (Å²) < 4.78 is 46.6. The largest absolute Gasteiger partial charge is 0.486 e. The van der Waals surface area contributed by atoms with Crippen LogP contribution in [-0.2, 0) is 10.0 Å². The van der Waals surface area contributed by atoms with Crippen LogP contribution in [0.4, 0.5) is 4.39 Å². The zero-order valence-electron chi connectivity index (χ0n) is 15.6. The van der Waals surface area contributed by atoms with Crippen LogP contribution in [0.5, 0.6) is 5.75 Å². The van der Waals surface area contributed by atoms with Gasteiger partial charge in [0, 0.05) is 17.6 Å². The van der Waals surface area contributed by atoms with Crippen LogP contribution in [-0.4, -0.2) is 53.8 Å². The SMILES string of the molecule is C[C@H](O)[C@]1(O)CN(S(=O)(=O)c2ccc(Cl)cc2Cl)CC1Oc1ccc(C#N)c(F)c1. The topological polar surface area (TPSA) is 111 Å². The molecule has 1 unspecified atom stereocenters. The molecule has 0 bridgehead atoms. The summed E-state index contributed by atoms with van der Waals surface area (Å²) in [5, 5.41) is 30.1. The van der Waals surface area contributed by atoms with Crippen LogP contribution in [0.15, 0.2) is 41.3 Å². The molecule has 30 heavy (non-hydrogen) atoms. The van der Waals surface area contributed by atoms with Crippen LogP contribution >= 0.6 is 23.2 Å². The van der Waals surface area contributed by atoms with E-state index in [9.17, 15) is 23.0 Å². The monoisotopic (exact) mass is 474 g/mol. The van der Waals surface area contributed by atoms with E-state index in [-0.39, 0.29) is 32.8 Å². The Bertz CT molecular complexity index is 1120. The van der Waals surface area contributed by atoms with Gasteiger partial charge in [0.15, 0.2) is 0 Å². The molecule has 0 radical (unpaired) electrons. The molecule has 1 fully saturated rings. The normalized spacial score (nSPS) is 23.2. The number of aliphatic hydroxyl groups is 2. The summed E-state index contributed by atoms with van der Waals surface area (Å²) in [4.78, 5) is -0.216. The molecular formula is C19H17Cl2FN2O5S. The number of nitriles is 1. The molecule has 2 aromatic carbocycles. The van der Waals surface area contributed by atoms with E-state index >= 15 is 0 Å². The Balaban J connectivity index is 1.93. The van der Waals surface area contributed by atoms with Crippen molar-refractivity contribution in [2.45, 2.75) is 29.6 Å². The van der Waals surface area contributed by atoms with E-state index in [1.165, 1.54) is 37.3 Å². The Morgan fingerprint density at radius 2 is 2.03 bits per heavy atom. The molecule has 3 rings (SSSR count). The number of hydrogen-bond acceptors (Lipinski definition) is 6. The molecule has 1 saturated heterocycles. The molecule has 1 aliphatic heterocycles. The third-order valence-corrected chi connectivity index (χ3v) is 7.46. The van der Waals surface area contributed by atoms with Gasteiger partial charge in [0.2, 0.25) is 10.0 Å². The zero-order chi connectivity index (χ0) is 22.3. The lowest BCUT2D eigenvalue weighted by atomic mass is 9.94. The Kier molecular flexibility index (Phi) is 6.30. The lowest BCUT2D eigenvalue weighted by Gasteiger charge is -2.31. The van der Waals surface area contributed by atoms with E-state index in [1.54, 1.807) is 6.07 Å². The second-order valence-corrected chi connectivity index (χ2v) is 9.65. The number of halogens is 3. The highest BCUT2D eigenvalue weighted by Gasteiger charge is 2.54. The summed E-state index contributed by atoms with van der Waals surface area (Å²) in [6.07, 6.45) is -2.59. The van der Waals surface area contributed by atoms with Crippen LogP contribution in [0.1, 0.15) is 12.5 Å². The number of benzene rings is 2. The van der Waals surface area contributed by atoms with Crippen molar-refractivity contribution in [1.29, 1.82) is 5.26 Å². The average molecular weight is 475 g/mol. The number of rotatable bonds is 5. The van der Waals surface area contributed by atoms with E-state index in [1.807, 2.05) is 0 Å². The smallest absolute Gasteiger partial charge is 0.244 e. The van der Waals surface area contributed by atoms with Crippen LogP contribution in [0, 0.1) is 17.1 Å². The van der Waals surface area contributed by atoms with Crippen molar-refractivity contribution in [2.75, 3.05) is 13.1 Å². The summed E-state index contributed by atoms with van der Waals surface area (Å²) in [6.45, 7) is 0.487. The van der Waals surface area contributed by atoms with E-state index in [0.29, 0.717) is 0 Å². The number of aliphatic hydroxyl groups excluding tert-OH is 1. The molecule has 0 aromatic heterocycles. The number of nitrogens with zero attached hydrogens (tertiary/aromatic N) is 2. The number of hydrogen-bond donors (Lipinski definition) is 2. The van der Waals surface area contributed by atoms with Gasteiger partial charge in [0.05, 0.1) is 23.2 Å². The summed E-state index contributed by atoms with van der Waals surface area (Å²) >= 11 is 11.9. The van der Waals surface area contributed by atoms with Crippen molar-refractivity contribution >= 4 is 33.2 Å². The van der Waals surface area contributed by atoms with Gasteiger partial charge in [0.25, 0.3) is 0 Å². The molecule has 0 amide bonds. The Morgan fingerprint density at radius 1 is 1.33 bits per heavy atom. The Hall–Kier alpha value is -1.93. The molecule has 0 saturated carbocycles. The summed E-state index contributed by atoms with van der Waals surface area (Å²) in [5.41, 5.74) is -2.17. The van der Waals surface area contributed by atoms with E-state index < -0.39 is 40.2 Å². The molecule has 0 spiro atoms. The lowest BCUT2D eigenvalue weighted by molar-refractivity contribution is -0.104. The highest BCUT2D eigenvalue weighted by Crippen LogP contribution is 2.35. The Morgan fingerprint density at radius 3 is 2.60 bits per heavy atom. The van der Waals surface area contributed by atoms with Gasteiger partial charge in [0.1, 0.15) is 34.2 Å². The maximum Gasteiger partial charge on any atom is 0.244 e. The molecule has 1 heterocycles. The number of β-amino-alcohol motifs (C(OH)–C–C–N with tert-alkyl or cyclic N) is 1. The van der Waals surface area contributed by atoms with Gasteiger partial charge in [-0.25, -0.2) is 12.8 Å². The van der Waals surface area contributed by atoms with Crippen molar-refractivity contribution in [3.63, 3.8) is 0 Å². The highest BCUT2D eigenvalue weighted by molar-refractivity contribution is 7.89. The third-order valence-electron chi connectivity index (χ3n) is 4.93. The van der Waals surface area contributed by atoms with E-state index in [2.05, 4.69) is 0 Å². The van der Waals surface area contributed by atoms with E-state index in [0.717, 1.165) is 10.4 Å². The standard InChI is InChI=1S/C19H17Cl2FN2O5S/c1-11(25)19(26)10-24(30(27,28)17-5-3-13(20)6-15(17)21)9-18(19)29-14-4-2-12(8-23)16(22)7-14/h2-7,11,18,25-26H,9-10H2,1H3/t11-,18?,19+/m0/s1. The molecule has 11 heteroatoms. The highest BCUT2D eigenvalue weighted by atomic mass is 35.5. The molecule has 2 N–H and O–H groups in total. The molecule has 7 nitrogen and oxygen atoms in total. The zero-order valence-corrected chi connectivity index (χ0v) is 17.9. The summed E-state index contributed by atoms with van der Waals surface area (Å²) in [6, 6.07) is 9.03. The first kappa shape index (κ1) is 22.7. The third kappa shape index (κ3) is 4.12. The first-order valence-corrected chi connectivity index (χ1v) is 10.9. The van der Waals surface area contributed by atoms with Gasteiger partial charge in [-0.2, -0.15) is 9.57 Å². The predicted octanol–water partition coefficient (Wildman–Crippen LogP) is 2.57. The van der Waals surface area contributed by atoms with Gasteiger partial charge in [-0.1, -0.05) is 23.2 Å². The molecule has 0 aliphatic carbocycles. The van der Waals surface area contributed by atoms with Crippen molar-refractivity contribution < 1.29 is 27.8 Å². The minimum absolute atomic E-state index is 0.0284. The number of ether oxygens (including phenoxy) is 1. The maximum atomic E-state index is 13.9. The molecule has 2 aromatic rings. The van der Waals surface area contributed by atoms with Gasteiger partial charge in [-0.05, 0) is 37.3 Å². The van der Waals surface area contributed by atoms with Gasteiger partial charge >= 0.3 is 0 Å². The fourth-order valence-corrected chi connectivity index (χ4v) is 5.40. The second kappa shape index (κ2) is 8.30. The molecular weight excluding hydrogens is 458 g/mol. The predicted molar refractivity (Wildman–Crippen MR) is 107 cm³/mol. The van der Waals surface area contributed by atoms with Gasteiger partial charge in [-0.3, -0.25) is 0 Å². The quantitative estimate of drug-likeness (QED) is 0.688. The fraction of sp³-hybridized carbons (Fsp3) is 0.316. The van der Waals surface area contributed by atoms with Crippen molar-refractivity contribution in [1.82, 2.24) is 4.31 Å². The van der Waals surface area contributed by atoms with Crippen LogP contribution in [0.3, 0.4) is 0 Å². The molecule has 3 atom stereocenters. The fourth-order valence-electron chi connectivity index (χ4n) is 3.16. The lowest BCUT2D eigenvalue weighted by Crippen LogP contribution is -2.53. The summed E-state index contributed by atoms with van der Waals surface area (Å²) in [5.74, 6) is -0.856. The summed E-state index contributed by atoms with van der Waals surface area (Å²) in [7, 11) is -4.16. The van der Waals surface area contributed by atoms with Crippen molar-refractivity contribution in [3.05, 3.63) is 57.8 Å². The molecule has 160 valence electrons. The first-order valence-electron chi connectivity index (χ1n) is 8.71. The maximum absolute atomic E-state index is 13.9. The average Bonchev–Trinajstić information content (AvgIpc) is 3.00. The second-order valence-electron chi connectivity index (χ2n) is 6.90. The van der Waals surface area contributed by atoms with Crippen LogP contribution < -0.4 is 4.74 Å². The number of sulfonamides is 1. The van der Waals surface area contributed by atoms with Crippen LogP contribution in [0.2, 0.25) is 10.0 Å². The van der Waals surface area contributed by atoms with Crippen molar-refractivity contribution in [3.8, 4) is 11.8 Å². The van der Waals surface area contributed by atoms with Gasteiger partial charge in [-0.15, -0.1) is 0 Å². The Labute approximate surface area is 182 Å². The first-order chi connectivity index (χ1) is 14.0. The van der Waals surface area contributed by atoms with Crippen LogP contribution in [0.25, 0.3) is 0 Å². The minimum atomic E-state index is -4.16. The van der Waals surface area contributed by atoms with Crippen molar-refractivity contribution in [2.24, 2.45) is 0 Å².